The van der Waals surface area contributed by atoms with Crippen LogP contribution in [0.4, 0.5) is 0 Å². The number of carboxylic acid groups (broad SMARTS) is 2. The lowest BCUT2D eigenvalue weighted by atomic mass is 10.1. The Kier molecular flexibility index (Phi) is 9.06. The molecule has 3 N–H and O–H groups in total. The molecular formula is C18H20ClNO5. The van der Waals surface area contributed by atoms with Crippen molar-refractivity contribution in [1.82, 2.24) is 5.32 Å². The van der Waals surface area contributed by atoms with Crippen LogP contribution >= 0.6 is 11.6 Å². The van der Waals surface area contributed by atoms with Crippen molar-refractivity contribution in [3.63, 3.8) is 0 Å². The molecule has 0 atom stereocenters. The van der Waals surface area contributed by atoms with Crippen LogP contribution in [0.5, 0.6) is 5.75 Å². The summed E-state index contributed by atoms with van der Waals surface area (Å²) in [5.74, 6) is -2.75. The Hall–Kier alpha value is -2.57. The summed E-state index contributed by atoms with van der Waals surface area (Å²) in [6, 6.07) is 16.1. The van der Waals surface area contributed by atoms with Crippen LogP contribution in [0.15, 0.2) is 48.5 Å². The highest BCUT2D eigenvalue weighted by atomic mass is 35.5. The van der Waals surface area contributed by atoms with E-state index < -0.39 is 11.9 Å². The normalized spacial score (nSPS) is 9.68. The molecule has 25 heavy (non-hydrogen) atoms. The number of hydrogen-bond donors (Lipinski definition) is 3. The quantitative estimate of drug-likeness (QED) is 0.538. The standard InChI is InChI=1S/C16H18ClNO.C2H2O4/c1-19-16-8-4-13(5-9-16)10-11-18-12-14-2-6-15(17)7-3-14;3-1(4)2(5)6/h2-9,18H,10-12H2,1H3;(H,3,4)(H,5,6). The van der Waals surface area contributed by atoms with Gasteiger partial charge < -0.3 is 20.3 Å². The molecule has 0 bridgehead atoms. The van der Waals surface area contributed by atoms with E-state index in [1.165, 1.54) is 11.1 Å². The number of ether oxygens (including phenoxy) is 1. The lowest BCUT2D eigenvalue weighted by Gasteiger charge is -2.06. The molecule has 0 saturated heterocycles. The van der Waals surface area contributed by atoms with Gasteiger partial charge in [-0.25, -0.2) is 9.59 Å². The third kappa shape index (κ3) is 8.74. The lowest BCUT2D eigenvalue weighted by Crippen LogP contribution is -2.16. The highest BCUT2D eigenvalue weighted by Gasteiger charge is 2.04. The van der Waals surface area contributed by atoms with E-state index in [-0.39, 0.29) is 0 Å². The average Bonchev–Trinajstić information content (AvgIpc) is 2.61. The molecule has 2 aromatic rings. The topological polar surface area (TPSA) is 95.9 Å². The summed E-state index contributed by atoms with van der Waals surface area (Å²) < 4.78 is 5.14. The number of halogens is 1. The van der Waals surface area contributed by atoms with E-state index in [1.807, 2.05) is 36.4 Å². The van der Waals surface area contributed by atoms with Crippen LogP contribution in [0.3, 0.4) is 0 Å². The van der Waals surface area contributed by atoms with E-state index in [1.54, 1.807) is 7.11 Å². The van der Waals surface area contributed by atoms with Crippen LogP contribution in [0.25, 0.3) is 0 Å². The number of nitrogens with one attached hydrogen (secondary N) is 1. The predicted molar refractivity (Wildman–Crippen MR) is 95.1 cm³/mol. The third-order valence-corrected chi connectivity index (χ3v) is 3.43. The van der Waals surface area contributed by atoms with Gasteiger partial charge in [0.25, 0.3) is 0 Å². The number of hydrogen-bond acceptors (Lipinski definition) is 4. The van der Waals surface area contributed by atoms with Crippen molar-refractivity contribution >= 4 is 23.5 Å². The minimum atomic E-state index is -1.82. The van der Waals surface area contributed by atoms with Crippen molar-refractivity contribution in [2.24, 2.45) is 0 Å². The molecule has 2 rings (SSSR count). The van der Waals surface area contributed by atoms with Crippen molar-refractivity contribution in [2.45, 2.75) is 13.0 Å². The molecule has 6 nitrogen and oxygen atoms in total. The fraction of sp³-hybridized carbons (Fsp3) is 0.222. The van der Waals surface area contributed by atoms with Crippen LogP contribution in [0.1, 0.15) is 11.1 Å². The molecule has 134 valence electrons. The van der Waals surface area contributed by atoms with E-state index in [9.17, 15) is 0 Å². The van der Waals surface area contributed by atoms with E-state index in [4.69, 9.17) is 36.1 Å². The van der Waals surface area contributed by atoms with Gasteiger partial charge in [0.2, 0.25) is 0 Å². The fourth-order valence-electron chi connectivity index (χ4n) is 1.86. The molecule has 0 heterocycles. The van der Waals surface area contributed by atoms with Gasteiger partial charge in [0.05, 0.1) is 7.11 Å². The van der Waals surface area contributed by atoms with Crippen LogP contribution in [-0.2, 0) is 22.6 Å². The maximum atomic E-state index is 9.10. The Bertz CT molecular complexity index is 659. The SMILES string of the molecule is COc1ccc(CCNCc2ccc(Cl)cc2)cc1.O=C(O)C(=O)O. The molecule has 0 radical (unpaired) electrons. The first-order chi connectivity index (χ1) is 11.9. The number of rotatable bonds is 6. The molecule has 7 heteroatoms. The first-order valence-corrected chi connectivity index (χ1v) is 7.84. The van der Waals surface area contributed by atoms with Crippen molar-refractivity contribution in [3.8, 4) is 5.75 Å². The monoisotopic (exact) mass is 365 g/mol. The zero-order valence-electron chi connectivity index (χ0n) is 13.7. The first-order valence-electron chi connectivity index (χ1n) is 7.46. The van der Waals surface area contributed by atoms with Crippen molar-refractivity contribution in [2.75, 3.05) is 13.7 Å². The molecule has 0 aliphatic heterocycles. The van der Waals surface area contributed by atoms with Crippen LogP contribution in [-0.4, -0.2) is 35.8 Å². The molecule has 0 aromatic heterocycles. The Morgan fingerprint density at radius 2 is 1.48 bits per heavy atom. The lowest BCUT2D eigenvalue weighted by molar-refractivity contribution is -0.159. The second-order valence-electron chi connectivity index (χ2n) is 5.01. The van der Waals surface area contributed by atoms with Gasteiger partial charge in [-0.05, 0) is 48.4 Å². The number of aliphatic carboxylic acids is 2. The smallest absolute Gasteiger partial charge is 0.414 e. The van der Waals surface area contributed by atoms with Gasteiger partial charge in [-0.2, -0.15) is 0 Å². The molecule has 0 aliphatic carbocycles. The first kappa shape index (κ1) is 20.5. The summed E-state index contributed by atoms with van der Waals surface area (Å²) in [5.41, 5.74) is 2.56. The van der Waals surface area contributed by atoms with E-state index in [2.05, 4.69) is 17.4 Å². The van der Waals surface area contributed by atoms with Gasteiger partial charge in [0.15, 0.2) is 0 Å². The van der Waals surface area contributed by atoms with Crippen LogP contribution < -0.4 is 10.1 Å². The summed E-state index contributed by atoms with van der Waals surface area (Å²) in [7, 11) is 1.68. The molecule has 0 aliphatic rings. The molecule has 2 aromatic carbocycles. The van der Waals surface area contributed by atoms with Crippen LogP contribution in [0, 0.1) is 0 Å². The highest BCUT2D eigenvalue weighted by molar-refractivity contribution is 6.30. The van der Waals surface area contributed by atoms with Gasteiger partial charge >= 0.3 is 11.9 Å². The van der Waals surface area contributed by atoms with Gasteiger partial charge in [0, 0.05) is 11.6 Å². The zero-order valence-corrected chi connectivity index (χ0v) is 14.5. The molecule has 0 amide bonds. The summed E-state index contributed by atoms with van der Waals surface area (Å²) in [6.07, 6.45) is 1.01. The number of carbonyl (C=O) groups is 2. The van der Waals surface area contributed by atoms with Crippen molar-refractivity contribution in [1.29, 1.82) is 0 Å². The number of carboxylic acids is 2. The van der Waals surface area contributed by atoms with Gasteiger partial charge in [-0.1, -0.05) is 35.9 Å². The largest absolute Gasteiger partial charge is 0.497 e. The Balaban J connectivity index is 0.000000450. The summed E-state index contributed by atoms with van der Waals surface area (Å²) in [6.45, 7) is 1.82. The minimum absolute atomic E-state index is 0.780. The molecule has 0 unspecified atom stereocenters. The van der Waals surface area contributed by atoms with Crippen molar-refractivity contribution in [3.05, 3.63) is 64.7 Å². The van der Waals surface area contributed by atoms with Gasteiger partial charge in [-0.15, -0.1) is 0 Å². The van der Waals surface area contributed by atoms with Gasteiger partial charge in [0.1, 0.15) is 5.75 Å². The van der Waals surface area contributed by atoms with Crippen molar-refractivity contribution < 1.29 is 24.5 Å². The van der Waals surface area contributed by atoms with E-state index in [0.717, 1.165) is 30.3 Å². The fourth-order valence-corrected chi connectivity index (χ4v) is 1.99. The third-order valence-electron chi connectivity index (χ3n) is 3.17. The van der Waals surface area contributed by atoms with Gasteiger partial charge in [-0.3, -0.25) is 0 Å². The average molecular weight is 366 g/mol. The maximum absolute atomic E-state index is 9.10. The number of methoxy groups -OCH3 is 1. The molecule has 0 saturated carbocycles. The minimum Gasteiger partial charge on any atom is -0.497 e. The second-order valence-corrected chi connectivity index (χ2v) is 5.45. The summed E-state index contributed by atoms with van der Waals surface area (Å²) >= 11 is 5.85. The van der Waals surface area contributed by atoms with Crippen LogP contribution in [0.2, 0.25) is 5.02 Å². The zero-order chi connectivity index (χ0) is 18.7. The molecule has 0 fully saturated rings. The van der Waals surface area contributed by atoms with E-state index in [0.29, 0.717) is 0 Å². The Morgan fingerprint density at radius 3 is 1.96 bits per heavy atom. The number of benzene rings is 2. The maximum Gasteiger partial charge on any atom is 0.414 e. The van der Waals surface area contributed by atoms with E-state index >= 15 is 0 Å². The Morgan fingerprint density at radius 1 is 0.960 bits per heavy atom. The summed E-state index contributed by atoms with van der Waals surface area (Å²) in [4.78, 5) is 18.2. The molecular weight excluding hydrogens is 346 g/mol. The Labute approximate surface area is 151 Å². The second kappa shape index (κ2) is 11.1. The molecule has 0 spiro atoms. The summed E-state index contributed by atoms with van der Waals surface area (Å²) in [5, 5.41) is 19.0. The highest BCUT2D eigenvalue weighted by Crippen LogP contribution is 2.12. The predicted octanol–water partition coefficient (Wildman–Crippen LogP) is 2.84.